The average Bonchev–Trinajstić information content (AvgIpc) is 3.33. The highest BCUT2D eigenvalue weighted by Crippen LogP contribution is 2.34. The fourth-order valence-electron chi connectivity index (χ4n) is 4.51. The Morgan fingerprint density at radius 2 is 2.07 bits per heavy atom. The minimum absolute atomic E-state index is 0.0945. The zero-order valence-corrected chi connectivity index (χ0v) is 16.1. The van der Waals surface area contributed by atoms with Gasteiger partial charge in [-0.1, -0.05) is 30.3 Å². The molecule has 5 rings (SSSR count). The molecule has 2 fully saturated rings. The van der Waals surface area contributed by atoms with Crippen LogP contribution in [0.25, 0.3) is 0 Å². The first-order valence-corrected chi connectivity index (χ1v) is 10.1. The number of hydrogen-bond donors (Lipinski definition) is 2. The van der Waals surface area contributed by atoms with E-state index in [0.29, 0.717) is 18.8 Å². The zero-order valence-electron chi connectivity index (χ0n) is 16.1. The topological polar surface area (TPSA) is 62.8 Å². The molecule has 0 saturated carbocycles. The Bertz CT molecular complexity index is 909. The van der Waals surface area contributed by atoms with Gasteiger partial charge in [0.25, 0.3) is 5.91 Å². The molecule has 2 N–H and O–H groups in total. The smallest absolute Gasteiger partial charge is 0.255 e. The molecule has 1 spiro atoms. The molecular formula is C22H24FN3O3. The van der Waals surface area contributed by atoms with Gasteiger partial charge in [0.2, 0.25) is 0 Å². The van der Waals surface area contributed by atoms with Crippen molar-refractivity contribution in [3.63, 3.8) is 0 Å². The number of likely N-dealkylation sites (tertiary alicyclic amines) is 1. The summed E-state index contributed by atoms with van der Waals surface area (Å²) in [6.07, 6.45) is 1.80. The first-order valence-electron chi connectivity index (χ1n) is 10.1. The van der Waals surface area contributed by atoms with Crippen molar-refractivity contribution < 1.29 is 18.8 Å². The Hall–Kier alpha value is -2.48. The number of benzene rings is 2. The van der Waals surface area contributed by atoms with E-state index in [1.807, 2.05) is 18.2 Å². The maximum absolute atomic E-state index is 13.5. The maximum atomic E-state index is 13.5. The predicted molar refractivity (Wildman–Crippen MR) is 105 cm³/mol. The van der Waals surface area contributed by atoms with Gasteiger partial charge in [0.1, 0.15) is 17.2 Å². The van der Waals surface area contributed by atoms with E-state index in [4.69, 9.17) is 9.57 Å². The van der Waals surface area contributed by atoms with Crippen LogP contribution in [0.4, 0.5) is 4.39 Å². The highest BCUT2D eigenvalue weighted by atomic mass is 19.1. The zero-order chi connectivity index (χ0) is 19.8. The number of ether oxygens (including phenoxy) is 1. The highest BCUT2D eigenvalue weighted by Gasteiger charge is 2.44. The van der Waals surface area contributed by atoms with Gasteiger partial charge in [-0.25, -0.2) is 4.39 Å². The third kappa shape index (κ3) is 3.73. The number of hydrogen-bond acceptors (Lipinski definition) is 5. The molecule has 0 aromatic heterocycles. The van der Waals surface area contributed by atoms with E-state index in [1.165, 1.54) is 17.7 Å². The van der Waals surface area contributed by atoms with Crippen molar-refractivity contribution in [2.75, 3.05) is 26.2 Å². The van der Waals surface area contributed by atoms with E-state index < -0.39 is 11.4 Å². The van der Waals surface area contributed by atoms with E-state index >= 15 is 0 Å². The average molecular weight is 397 g/mol. The summed E-state index contributed by atoms with van der Waals surface area (Å²) in [4.78, 5) is 20.5. The van der Waals surface area contributed by atoms with Crippen LogP contribution < -0.4 is 15.5 Å². The SMILES string of the molecule is O=C1NC[C@@]2(CCN(CC3CC(c4ccccc4)NO3)C2)Oc2ccc(F)cc21. The molecule has 3 aliphatic heterocycles. The fraction of sp³-hybridized carbons (Fsp3) is 0.409. The standard InChI is InChI=1S/C22H24FN3O3/c23-16-6-7-20-18(10-16)21(27)24-13-22(28-20)8-9-26(14-22)12-17-11-19(25-29-17)15-4-2-1-3-5-15/h1-7,10,17,19,25H,8-9,11-14H2,(H,24,27)/t17?,19?,22-/m1/s1. The first kappa shape index (κ1) is 18.5. The summed E-state index contributed by atoms with van der Waals surface area (Å²) >= 11 is 0. The molecule has 0 radical (unpaired) electrons. The van der Waals surface area contributed by atoms with Crippen molar-refractivity contribution in [2.24, 2.45) is 0 Å². The number of carbonyl (C=O) groups excluding carboxylic acids is 1. The molecule has 7 heteroatoms. The molecule has 29 heavy (non-hydrogen) atoms. The van der Waals surface area contributed by atoms with Crippen molar-refractivity contribution in [1.29, 1.82) is 0 Å². The van der Waals surface area contributed by atoms with Gasteiger partial charge in [0.15, 0.2) is 0 Å². The summed E-state index contributed by atoms with van der Waals surface area (Å²) in [7, 11) is 0. The van der Waals surface area contributed by atoms with Crippen LogP contribution in [0.1, 0.15) is 34.8 Å². The number of rotatable bonds is 3. The number of halogens is 1. The van der Waals surface area contributed by atoms with Crippen LogP contribution >= 0.6 is 0 Å². The largest absolute Gasteiger partial charge is 0.483 e. The summed E-state index contributed by atoms with van der Waals surface area (Å²) in [5.41, 5.74) is 4.14. The molecule has 2 aromatic rings. The van der Waals surface area contributed by atoms with Crippen LogP contribution in [-0.4, -0.2) is 48.7 Å². The lowest BCUT2D eigenvalue weighted by atomic mass is 10.0. The van der Waals surface area contributed by atoms with E-state index in [0.717, 1.165) is 25.9 Å². The number of hydroxylamine groups is 1. The second-order valence-electron chi connectivity index (χ2n) is 8.15. The third-order valence-corrected chi connectivity index (χ3v) is 6.02. The minimum Gasteiger partial charge on any atom is -0.483 e. The lowest BCUT2D eigenvalue weighted by Crippen LogP contribution is -2.48. The Morgan fingerprint density at radius 3 is 2.93 bits per heavy atom. The van der Waals surface area contributed by atoms with Crippen molar-refractivity contribution in [2.45, 2.75) is 30.6 Å². The van der Waals surface area contributed by atoms with E-state index in [9.17, 15) is 9.18 Å². The monoisotopic (exact) mass is 397 g/mol. The van der Waals surface area contributed by atoms with Gasteiger partial charge < -0.3 is 10.1 Å². The van der Waals surface area contributed by atoms with E-state index in [2.05, 4.69) is 27.8 Å². The predicted octanol–water partition coefficient (Wildman–Crippen LogP) is 2.43. The molecule has 3 aliphatic rings. The number of carbonyl (C=O) groups is 1. The van der Waals surface area contributed by atoms with Crippen molar-refractivity contribution in [1.82, 2.24) is 15.7 Å². The molecule has 2 saturated heterocycles. The van der Waals surface area contributed by atoms with Crippen molar-refractivity contribution in [3.05, 3.63) is 65.5 Å². The summed E-state index contributed by atoms with van der Waals surface area (Å²) in [5, 5.41) is 2.90. The Morgan fingerprint density at radius 1 is 1.21 bits per heavy atom. The third-order valence-electron chi connectivity index (χ3n) is 6.02. The minimum atomic E-state index is -0.496. The fourth-order valence-corrected chi connectivity index (χ4v) is 4.51. The van der Waals surface area contributed by atoms with E-state index in [1.54, 1.807) is 6.07 Å². The number of fused-ring (bicyclic) bond motifs is 1. The number of nitrogens with one attached hydrogen (secondary N) is 2. The summed E-state index contributed by atoms with van der Waals surface area (Å²) in [6.45, 7) is 2.77. The van der Waals surface area contributed by atoms with Crippen LogP contribution in [0, 0.1) is 5.82 Å². The second-order valence-corrected chi connectivity index (χ2v) is 8.15. The molecule has 0 bridgehead atoms. The Balaban J connectivity index is 1.23. The van der Waals surface area contributed by atoms with Gasteiger partial charge >= 0.3 is 0 Å². The summed E-state index contributed by atoms with van der Waals surface area (Å²) < 4.78 is 19.8. The molecular weight excluding hydrogens is 373 g/mol. The molecule has 6 nitrogen and oxygen atoms in total. The van der Waals surface area contributed by atoms with Crippen LogP contribution in [-0.2, 0) is 4.84 Å². The Kier molecular flexibility index (Phi) is 4.73. The van der Waals surface area contributed by atoms with Crippen LogP contribution in [0.5, 0.6) is 5.75 Å². The first-order chi connectivity index (χ1) is 14.1. The number of nitrogens with zero attached hydrogens (tertiary/aromatic N) is 1. The highest BCUT2D eigenvalue weighted by molar-refractivity contribution is 5.97. The van der Waals surface area contributed by atoms with Gasteiger partial charge in [0.05, 0.1) is 24.3 Å². The number of amides is 1. The second kappa shape index (κ2) is 7.40. The van der Waals surface area contributed by atoms with Gasteiger partial charge in [-0.05, 0) is 30.2 Å². The Labute approximate surface area is 168 Å². The molecule has 3 heterocycles. The van der Waals surface area contributed by atoms with Gasteiger partial charge in [-0.3, -0.25) is 14.5 Å². The lowest BCUT2D eigenvalue weighted by molar-refractivity contribution is 0.00539. The van der Waals surface area contributed by atoms with Gasteiger partial charge in [0, 0.05) is 26.1 Å². The summed E-state index contributed by atoms with van der Waals surface area (Å²) in [5.74, 6) is -0.277. The molecule has 2 unspecified atom stereocenters. The van der Waals surface area contributed by atoms with Crippen LogP contribution in [0.2, 0.25) is 0 Å². The lowest BCUT2D eigenvalue weighted by Gasteiger charge is -2.29. The van der Waals surface area contributed by atoms with Gasteiger partial charge in [-0.15, -0.1) is 0 Å². The maximum Gasteiger partial charge on any atom is 0.255 e. The van der Waals surface area contributed by atoms with Crippen molar-refractivity contribution >= 4 is 5.91 Å². The molecule has 2 aromatic carbocycles. The summed E-state index contributed by atoms with van der Waals surface area (Å²) in [6, 6.07) is 14.6. The molecule has 152 valence electrons. The molecule has 0 aliphatic carbocycles. The normalized spacial score (nSPS) is 29.3. The van der Waals surface area contributed by atoms with Crippen molar-refractivity contribution in [3.8, 4) is 5.75 Å². The van der Waals surface area contributed by atoms with Crippen LogP contribution in [0.15, 0.2) is 48.5 Å². The quantitative estimate of drug-likeness (QED) is 0.833. The molecule has 3 atom stereocenters. The van der Waals surface area contributed by atoms with E-state index in [-0.39, 0.29) is 23.6 Å². The molecule has 1 amide bonds. The van der Waals surface area contributed by atoms with Gasteiger partial charge in [-0.2, -0.15) is 5.48 Å². The van der Waals surface area contributed by atoms with Crippen LogP contribution in [0.3, 0.4) is 0 Å².